The molecule has 0 radical (unpaired) electrons. The highest BCUT2D eigenvalue weighted by Crippen LogP contribution is 2.33. The van der Waals surface area contributed by atoms with Gasteiger partial charge in [0.2, 0.25) is 5.91 Å². The molecule has 4 aromatic rings. The lowest BCUT2D eigenvalue weighted by Crippen LogP contribution is -2.40. The first-order valence-corrected chi connectivity index (χ1v) is 19.2. The van der Waals surface area contributed by atoms with Crippen LogP contribution in [-0.4, -0.2) is 87.0 Å². The van der Waals surface area contributed by atoms with E-state index in [4.69, 9.17) is 9.84 Å². The summed E-state index contributed by atoms with van der Waals surface area (Å²) in [6.45, 7) is 4.06. The van der Waals surface area contributed by atoms with Crippen LogP contribution in [0.2, 0.25) is 0 Å². The average Bonchev–Trinajstić information content (AvgIpc) is 3.87. The van der Waals surface area contributed by atoms with Gasteiger partial charge in [-0.3, -0.25) is 9.59 Å². The standard InChI is InChI=1S/C40H44N6O7S/c1-2-23-53-39(51)27-16-14-25(15-17-27)35-29-9-3-4-11-32(29)46(45-35)28-20-18-26(19-21-28)37(48)41-22-8-7-10-30(38(49)50)42-34(47)13-6-5-12-33-36-31(24-54-33)43-40(52)44-36/h2-4,9,11,14-21,30-31,33,36H,1,5-8,10,12-13,22-24H2,(H,41,48)(H,42,47)(H,49,50)(H2,43,44,52)/t30-,31-,33-,36-/m0/s1. The fourth-order valence-corrected chi connectivity index (χ4v) is 8.33. The van der Waals surface area contributed by atoms with Gasteiger partial charge in [-0.2, -0.15) is 16.9 Å². The third-order valence-corrected chi connectivity index (χ3v) is 11.1. The van der Waals surface area contributed by atoms with Crippen molar-refractivity contribution in [2.24, 2.45) is 0 Å². The first-order valence-electron chi connectivity index (χ1n) is 18.2. The summed E-state index contributed by atoms with van der Waals surface area (Å²) in [6, 6.07) is 21.2. The lowest BCUT2D eigenvalue weighted by atomic mass is 10.0. The molecule has 13 nitrogen and oxygen atoms in total. The molecule has 6 rings (SSSR count). The molecule has 54 heavy (non-hydrogen) atoms. The normalized spacial score (nSPS) is 17.9. The van der Waals surface area contributed by atoms with Crippen LogP contribution in [0, 0.1) is 0 Å². The maximum atomic E-state index is 12.9. The summed E-state index contributed by atoms with van der Waals surface area (Å²) < 4.78 is 6.94. The second-order valence-electron chi connectivity index (χ2n) is 13.4. The molecule has 1 aromatic heterocycles. The van der Waals surface area contributed by atoms with Gasteiger partial charge in [0.05, 0.1) is 28.9 Å². The highest BCUT2D eigenvalue weighted by Gasteiger charge is 2.42. The minimum atomic E-state index is -1.08. The second-order valence-corrected chi connectivity index (χ2v) is 14.6. The zero-order valence-electron chi connectivity index (χ0n) is 29.8. The topological polar surface area (TPSA) is 181 Å². The highest BCUT2D eigenvalue weighted by molar-refractivity contribution is 8.00. The van der Waals surface area contributed by atoms with Crippen LogP contribution < -0.4 is 21.3 Å². The fraction of sp³-hybridized carbons (Fsp3) is 0.350. The van der Waals surface area contributed by atoms with Crippen LogP contribution in [0.25, 0.3) is 27.8 Å². The van der Waals surface area contributed by atoms with Crippen molar-refractivity contribution >= 4 is 52.4 Å². The molecular weight excluding hydrogens is 709 g/mol. The van der Waals surface area contributed by atoms with Gasteiger partial charge >= 0.3 is 18.0 Å². The Bertz CT molecular complexity index is 2000. The van der Waals surface area contributed by atoms with Crippen molar-refractivity contribution in [1.82, 2.24) is 31.0 Å². The number of amides is 4. The number of aromatic nitrogens is 2. The van der Waals surface area contributed by atoms with Crippen LogP contribution in [0.15, 0.2) is 85.5 Å². The molecule has 0 unspecified atom stereocenters. The number of carbonyl (C=O) groups excluding carboxylic acids is 4. The van der Waals surface area contributed by atoms with Crippen molar-refractivity contribution < 1.29 is 33.8 Å². The van der Waals surface area contributed by atoms with Gasteiger partial charge in [-0.15, -0.1) is 0 Å². The lowest BCUT2D eigenvalue weighted by Gasteiger charge is -2.17. The van der Waals surface area contributed by atoms with E-state index < -0.39 is 18.0 Å². The zero-order valence-corrected chi connectivity index (χ0v) is 30.6. The van der Waals surface area contributed by atoms with Crippen molar-refractivity contribution in [3.8, 4) is 16.9 Å². The number of fused-ring (bicyclic) bond motifs is 2. The summed E-state index contributed by atoms with van der Waals surface area (Å²) in [6.07, 6.45) is 5.43. The Kier molecular flexibility index (Phi) is 12.7. The van der Waals surface area contributed by atoms with Crippen molar-refractivity contribution in [2.45, 2.75) is 68.3 Å². The molecule has 2 aliphatic heterocycles. The molecule has 3 aromatic carbocycles. The first kappa shape index (κ1) is 38.1. The summed E-state index contributed by atoms with van der Waals surface area (Å²) in [5.74, 6) is -1.16. The summed E-state index contributed by atoms with van der Waals surface area (Å²) in [4.78, 5) is 61.0. The number of benzene rings is 3. The quantitative estimate of drug-likeness (QED) is 0.0394. The predicted molar refractivity (Wildman–Crippen MR) is 207 cm³/mol. The SMILES string of the molecule is C=CCOC(=O)c1ccc(-c2nn(-c3ccc(C(=O)NCCCC[C@H](NC(=O)CCCC[C@@H]4SC[C@@H]5NC(=O)N[C@@H]54)C(=O)O)cc3)c3ccccc23)cc1. The number of rotatable bonds is 18. The Morgan fingerprint density at radius 2 is 1.74 bits per heavy atom. The van der Waals surface area contributed by atoms with Crippen LogP contribution in [0.5, 0.6) is 0 Å². The lowest BCUT2D eigenvalue weighted by molar-refractivity contribution is -0.142. The van der Waals surface area contributed by atoms with E-state index in [1.165, 1.54) is 6.08 Å². The number of esters is 1. The summed E-state index contributed by atoms with van der Waals surface area (Å²) in [5.41, 5.74) is 4.13. The number of hydrogen-bond donors (Lipinski definition) is 5. The number of aliphatic carboxylic acids is 1. The molecule has 5 N–H and O–H groups in total. The Morgan fingerprint density at radius 3 is 2.50 bits per heavy atom. The Hall–Kier alpha value is -5.63. The molecule has 3 heterocycles. The smallest absolute Gasteiger partial charge is 0.338 e. The summed E-state index contributed by atoms with van der Waals surface area (Å²) in [5, 5.41) is 27.2. The number of nitrogens with one attached hydrogen (secondary N) is 4. The van der Waals surface area contributed by atoms with Crippen LogP contribution in [0.4, 0.5) is 4.79 Å². The number of para-hydroxylation sites is 1. The number of hydrogen-bond acceptors (Lipinski definition) is 8. The van der Waals surface area contributed by atoms with Gasteiger partial charge in [0, 0.05) is 40.5 Å². The molecule has 14 heteroatoms. The third kappa shape index (κ3) is 9.29. The molecule has 0 saturated carbocycles. The third-order valence-electron chi connectivity index (χ3n) is 9.61. The summed E-state index contributed by atoms with van der Waals surface area (Å²) >= 11 is 1.83. The number of thioether (sulfide) groups is 1. The molecule has 4 atom stereocenters. The van der Waals surface area contributed by atoms with Crippen LogP contribution in [-0.2, 0) is 14.3 Å². The maximum absolute atomic E-state index is 12.9. The first-order chi connectivity index (χ1) is 26.2. The molecule has 2 aliphatic rings. The second kappa shape index (κ2) is 17.9. The molecule has 0 bridgehead atoms. The summed E-state index contributed by atoms with van der Waals surface area (Å²) in [7, 11) is 0. The number of carboxylic acid groups (broad SMARTS) is 1. The van der Waals surface area contributed by atoms with E-state index in [0.717, 1.165) is 46.4 Å². The van der Waals surface area contributed by atoms with E-state index in [0.29, 0.717) is 42.2 Å². The predicted octanol–water partition coefficient (Wildman–Crippen LogP) is 5.23. The minimum absolute atomic E-state index is 0.120. The van der Waals surface area contributed by atoms with Crippen molar-refractivity contribution in [3.05, 3.63) is 96.6 Å². The minimum Gasteiger partial charge on any atom is -0.480 e. The molecule has 0 spiro atoms. The van der Waals surface area contributed by atoms with Gasteiger partial charge in [0.1, 0.15) is 18.3 Å². The molecular formula is C40H44N6O7S. The van der Waals surface area contributed by atoms with E-state index in [1.54, 1.807) is 24.3 Å². The Morgan fingerprint density at radius 1 is 0.981 bits per heavy atom. The van der Waals surface area contributed by atoms with Crippen LogP contribution >= 0.6 is 11.8 Å². The van der Waals surface area contributed by atoms with Crippen molar-refractivity contribution in [1.29, 1.82) is 0 Å². The largest absolute Gasteiger partial charge is 0.480 e. The van der Waals surface area contributed by atoms with Gasteiger partial charge in [-0.25, -0.2) is 19.1 Å². The van der Waals surface area contributed by atoms with Crippen molar-refractivity contribution in [3.63, 3.8) is 0 Å². The number of unbranched alkanes of at least 4 members (excludes halogenated alkanes) is 2. The molecule has 2 saturated heterocycles. The van der Waals surface area contributed by atoms with Gasteiger partial charge in [-0.05, 0) is 74.6 Å². The van der Waals surface area contributed by atoms with E-state index in [9.17, 15) is 29.1 Å². The van der Waals surface area contributed by atoms with E-state index in [1.807, 2.05) is 65.0 Å². The fourth-order valence-electron chi connectivity index (χ4n) is 6.79. The Balaban J connectivity index is 0.944. The zero-order chi connectivity index (χ0) is 38.0. The van der Waals surface area contributed by atoms with Crippen LogP contribution in [0.3, 0.4) is 0 Å². The number of nitrogens with zero attached hydrogens (tertiary/aromatic N) is 2. The number of ether oxygens (including phenoxy) is 1. The van der Waals surface area contributed by atoms with Gasteiger partial charge < -0.3 is 31.1 Å². The number of carboxylic acids is 1. The van der Waals surface area contributed by atoms with Gasteiger partial charge in [0.15, 0.2) is 0 Å². The Labute approximate surface area is 317 Å². The average molecular weight is 753 g/mol. The van der Waals surface area contributed by atoms with Crippen LogP contribution in [0.1, 0.15) is 65.7 Å². The molecule has 2 fully saturated rings. The van der Waals surface area contributed by atoms with E-state index in [-0.39, 0.29) is 49.4 Å². The van der Waals surface area contributed by atoms with E-state index >= 15 is 0 Å². The number of carbonyl (C=O) groups is 5. The molecule has 4 amide bonds. The highest BCUT2D eigenvalue weighted by atomic mass is 32.2. The number of urea groups is 1. The monoisotopic (exact) mass is 752 g/mol. The van der Waals surface area contributed by atoms with Gasteiger partial charge in [-0.1, -0.05) is 49.4 Å². The van der Waals surface area contributed by atoms with Gasteiger partial charge in [0.25, 0.3) is 5.91 Å². The molecule has 0 aliphatic carbocycles. The van der Waals surface area contributed by atoms with Crippen molar-refractivity contribution in [2.75, 3.05) is 18.9 Å². The maximum Gasteiger partial charge on any atom is 0.338 e. The van der Waals surface area contributed by atoms with E-state index in [2.05, 4.69) is 27.8 Å². The molecule has 282 valence electrons.